The fraction of sp³-hybridized carbons (Fsp3) is 0.778. The topological polar surface area (TPSA) is 76.2 Å². The second kappa shape index (κ2) is 6.48. The SMILES string of the molecule is CN1CCC(n2ncc3c2NC(=O)C[C@H]3C2CCC(N)CC2)CC1. The fourth-order valence-corrected chi connectivity index (χ4v) is 4.75. The number of nitrogens with one attached hydrogen (secondary N) is 1. The van der Waals surface area contributed by atoms with Gasteiger partial charge in [0.05, 0.1) is 12.2 Å². The summed E-state index contributed by atoms with van der Waals surface area (Å²) in [4.78, 5) is 14.7. The summed E-state index contributed by atoms with van der Waals surface area (Å²) in [5.74, 6) is 2.02. The van der Waals surface area contributed by atoms with Gasteiger partial charge in [-0.15, -0.1) is 0 Å². The number of hydrogen-bond donors (Lipinski definition) is 2. The molecule has 3 N–H and O–H groups in total. The predicted molar refractivity (Wildman–Crippen MR) is 93.9 cm³/mol. The lowest BCUT2D eigenvalue weighted by atomic mass is 9.73. The minimum Gasteiger partial charge on any atom is -0.328 e. The number of fused-ring (bicyclic) bond motifs is 1. The Morgan fingerprint density at radius 1 is 1.17 bits per heavy atom. The zero-order valence-corrected chi connectivity index (χ0v) is 14.6. The summed E-state index contributed by atoms with van der Waals surface area (Å²) in [7, 11) is 2.17. The first-order chi connectivity index (χ1) is 11.6. The third-order valence-corrected chi connectivity index (χ3v) is 6.31. The summed E-state index contributed by atoms with van der Waals surface area (Å²) in [5, 5.41) is 7.82. The number of piperidine rings is 1. The number of nitrogens with two attached hydrogens (primary N) is 1. The summed E-state index contributed by atoms with van der Waals surface area (Å²) in [5.41, 5.74) is 7.32. The van der Waals surface area contributed by atoms with Gasteiger partial charge >= 0.3 is 0 Å². The molecule has 24 heavy (non-hydrogen) atoms. The molecule has 2 fully saturated rings. The molecule has 1 atom stereocenters. The Kier molecular flexibility index (Phi) is 4.35. The molecular formula is C18H29N5O. The van der Waals surface area contributed by atoms with Gasteiger partial charge in [-0.2, -0.15) is 5.10 Å². The number of nitrogens with zero attached hydrogens (tertiary/aromatic N) is 3. The monoisotopic (exact) mass is 331 g/mol. The zero-order valence-electron chi connectivity index (χ0n) is 14.6. The molecule has 1 amide bonds. The van der Waals surface area contributed by atoms with Crippen LogP contribution >= 0.6 is 0 Å². The van der Waals surface area contributed by atoms with Crippen molar-refractivity contribution in [1.29, 1.82) is 0 Å². The number of carbonyl (C=O) groups is 1. The average molecular weight is 331 g/mol. The van der Waals surface area contributed by atoms with Crippen LogP contribution in [0.4, 0.5) is 5.82 Å². The van der Waals surface area contributed by atoms with Crippen LogP contribution in [0.25, 0.3) is 0 Å². The molecule has 132 valence electrons. The third-order valence-electron chi connectivity index (χ3n) is 6.31. The molecule has 4 rings (SSSR count). The van der Waals surface area contributed by atoms with Crippen molar-refractivity contribution in [3.63, 3.8) is 0 Å². The van der Waals surface area contributed by atoms with Crippen LogP contribution in [0, 0.1) is 5.92 Å². The van der Waals surface area contributed by atoms with Crippen molar-refractivity contribution in [2.75, 3.05) is 25.5 Å². The summed E-state index contributed by atoms with van der Waals surface area (Å²) in [6, 6.07) is 0.754. The maximum absolute atomic E-state index is 12.3. The third kappa shape index (κ3) is 2.97. The van der Waals surface area contributed by atoms with Gasteiger partial charge in [-0.25, -0.2) is 4.68 Å². The molecule has 3 heterocycles. The van der Waals surface area contributed by atoms with Crippen LogP contribution < -0.4 is 11.1 Å². The van der Waals surface area contributed by atoms with E-state index in [9.17, 15) is 4.79 Å². The molecule has 6 heteroatoms. The molecule has 1 aromatic heterocycles. The van der Waals surface area contributed by atoms with Crippen molar-refractivity contribution < 1.29 is 4.79 Å². The molecule has 0 unspecified atom stereocenters. The van der Waals surface area contributed by atoms with Crippen LogP contribution in [0.3, 0.4) is 0 Å². The van der Waals surface area contributed by atoms with E-state index < -0.39 is 0 Å². The molecule has 0 bridgehead atoms. The molecule has 6 nitrogen and oxygen atoms in total. The van der Waals surface area contributed by atoms with E-state index in [2.05, 4.69) is 21.9 Å². The predicted octanol–water partition coefficient (Wildman–Crippen LogP) is 2.09. The summed E-state index contributed by atoms with van der Waals surface area (Å²) in [6.07, 6.45) is 9.27. The highest BCUT2D eigenvalue weighted by Crippen LogP contribution is 2.44. The number of anilines is 1. The second-order valence-electron chi connectivity index (χ2n) is 7.96. The van der Waals surface area contributed by atoms with Gasteiger partial charge in [-0.1, -0.05) is 0 Å². The van der Waals surface area contributed by atoms with Crippen LogP contribution in [-0.2, 0) is 4.79 Å². The van der Waals surface area contributed by atoms with E-state index >= 15 is 0 Å². The van der Waals surface area contributed by atoms with Crippen LogP contribution in [0.2, 0.25) is 0 Å². The molecule has 1 saturated heterocycles. The maximum Gasteiger partial charge on any atom is 0.226 e. The van der Waals surface area contributed by atoms with Gasteiger partial charge in [0.2, 0.25) is 5.91 Å². The Labute approximate surface area is 143 Å². The minimum atomic E-state index is 0.150. The quantitative estimate of drug-likeness (QED) is 0.870. The van der Waals surface area contributed by atoms with Crippen molar-refractivity contribution >= 4 is 11.7 Å². The highest BCUT2D eigenvalue weighted by atomic mass is 16.1. The molecule has 1 aromatic rings. The first kappa shape index (κ1) is 16.1. The van der Waals surface area contributed by atoms with E-state index in [1.54, 1.807) is 0 Å². The number of aromatic nitrogens is 2. The van der Waals surface area contributed by atoms with Gasteiger partial charge in [0, 0.05) is 23.9 Å². The van der Waals surface area contributed by atoms with Crippen molar-refractivity contribution in [3.8, 4) is 0 Å². The molecule has 1 saturated carbocycles. The Morgan fingerprint density at radius 2 is 1.88 bits per heavy atom. The average Bonchev–Trinajstić information content (AvgIpc) is 2.99. The molecule has 0 aromatic carbocycles. The molecular weight excluding hydrogens is 302 g/mol. The summed E-state index contributed by atoms with van der Waals surface area (Å²) < 4.78 is 2.10. The first-order valence-electron chi connectivity index (χ1n) is 9.43. The fourth-order valence-electron chi connectivity index (χ4n) is 4.75. The highest BCUT2D eigenvalue weighted by molar-refractivity contribution is 5.93. The van der Waals surface area contributed by atoms with Crippen LogP contribution in [0.1, 0.15) is 62.5 Å². The Balaban J connectivity index is 1.58. The number of likely N-dealkylation sites (tertiary alicyclic amines) is 1. The lowest BCUT2D eigenvalue weighted by Crippen LogP contribution is -2.35. The van der Waals surface area contributed by atoms with Gasteiger partial charge < -0.3 is 16.0 Å². The molecule has 0 radical (unpaired) electrons. The Hall–Kier alpha value is -1.40. The van der Waals surface area contributed by atoms with Gasteiger partial charge in [-0.3, -0.25) is 4.79 Å². The number of amides is 1. The van der Waals surface area contributed by atoms with Crippen molar-refractivity contribution in [1.82, 2.24) is 14.7 Å². The van der Waals surface area contributed by atoms with Crippen molar-refractivity contribution in [2.45, 2.75) is 62.9 Å². The standard InChI is InChI=1S/C18H29N5O/c1-22-8-6-14(7-9-22)23-18-16(11-20-23)15(10-17(24)21-18)12-2-4-13(19)5-3-12/h11-15H,2-10,19H2,1H3,(H,21,24)/t12?,13?,15-/m0/s1. The molecule has 2 aliphatic heterocycles. The Morgan fingerprint density at radius 3 is 2.58 bits per heavy atom. The van der Waals surface area contributed by atoms with Crippen molar-refractivity contribution in [2.24, 2.45) is 11.7 Å². The zero-order chi connectivity index (χ0) is 16.7. The van der Waals surface area contributed by atoms with Crippen LogP contribution in [0.15, 0.2) is 6.20 Å². The summed E-state index contributed by atoms with van der Waals surface area (Å²) in [6.45, 7) is 2.19. The number of hydrogen-bond acceptors (Lipinski definition) is 4. The normalized spacial score (nSPS) is 32.4. The van der Waals surface area contributed by atoms with Crippen molar-refractivity contribution in [3.05, 3.63) is 11.8 Å². The molecule has 0 spiro atoms. The lowest BCUT2D eigenvalue weighted by molar-refractivity contribution is -0.117. The lowest BCUT2D eigenvalue weighted by Gasteiger charge is -2.35. The van der Waals surface area contributed by atoms with Gasteiger partial charge in [0.15, 0.2) is 0 Å². The Bertz CT molecular complexity index is 597. The first-order valence-corrected chi connectivity index (χ1v) is 9.43. The molecule has 1 aliphatic carbocycles. The smallest absolute Gasteiger partial charge is 0.226 e. The van der Waals surface area contributed by atoms with Crippen LogP contribution in [0.5, 0.6) is 0 Å². The van der Waals surface area contributed by atoms with Gasteiger partial charge in [0.25, 0.3) is 0 Å². The van der Waals surface area contributed by atoms with Gasteiger partial charge in [0.1, 0.15) is 5.82 Å². The van der Waals surface area contributed by atoms with E-state index in [0.717, 1.165) is 57.4 Å². The summed E-state index contributed by atoms with van der Waals surface area (Å²) >= 11 is 0. The largest absolute Gasteiger partial charge is 0.328 e. The van der Waals surface area contributed by atoms with E-state index in [4.69, 9.17) is 10.8 Å². The van der Waals surface area contributed by atoms with E-state index in [1.807, 2.05) is 6.20 Å². The van der Waals surface area contributed by atoms with E-state index in [-0.39, 0.29) is 5.91 Å². The number of carbonyl (C=O) groups excluding carboxylic acids is 1. The maximum atomic E-state index is 12.3. The van der Waals surface area contributed by atoms with Gasteiger partial charge in [-0.05, 0) is 64.6 Å². The number of rotatable bonds is 2. The highest BCUT2D eigenvalue weighted by Gasteiger charge is 2.36. The minimum absolute atomic E-state index is 0.150. The van der Waals surface area contributed by atoms with Crippen LogP contribution in [-0.4, -0.2) is 46.8 Å². The van der Waals surface area contributed by atoms with E-state index in [1.165, 1.54) is 5.56 Å². The molecule has 3 aliphatic rings. The second-order valence-corrected chi connectivity index (χ2v) is 7.96. The van der Waals surface area contributed by atoms with E-state index in [0.29, 0.717) is 30.3 Å².